The molecule has 0 N–H and O–H groups in total. The second-order valence-electron chi connectivity index (χ2n) is 5.43. The van der Waals surface area contributed by atoms with Crippen LogP contribution in [-0.2, 0) is 9.53 Å². The van der Waals surface area contributed by atoms with Crippen molar-refractivity contribution in [2.24, 2.45) is 5.92 Å². The highest BCUT2D eigenvalue weighted by Gasteiger charge is 2.29. The Bertz CT molecular complexity index is 478. The molecule has 4 nitrogen and oxygen atoms in total. The summed E-state index contributed by atoms with van der Waals surface area (Å²) in [6.07, 6.45) is 1.08. The zero-order valence-corrected chi connectivity index (χ0v) is 12.7. The van der Waals surface area contributed by atoms with Gasteiger partial charge in [0.1, 0.15) is 6.10 Å². The number of hydrogen-bond donors (Lipinski definition) is 0. The van der Waals surface area contributed by atoms with Gasteiger partial charge in [0.05, 0.1) is 0 Å². The lowest BCUT2D eigenvalue weighted by Crippen LogP contribution is -2.44. The van der Waals surface area contributed by atoms with E-state index in [0.29, 0.717) is 19.7 Å². The smallest absolute Gasteiger partial charge is 0.251 e. The lowest BCUT2D eigenvalue weighted by atomic mass is 9.89. The molecule has 1 aromatic carbocycles. The van der Waals surface area contributed by atoms with Crippen molar-refractivity contribution in [2.75, 3.05) is 19.7 Å². The molecule has 0 radical (unpaired) electrons. The Hall–Kier alpha value is -1.68. The van der Waals surface area contributed by atoms with Gasteiger partial charge in [-0.25, -0.2) is 0 Å². The van der Waals surface area contributed by atoms with Crippen LogP contribution in [0, 0.1) is 5.92 Å². The molecule has 1 amide bonds. The van der Waals surface area contributed by atoms with Crippen molar-refractivity contribution in [1.29, 1.82) is 0 Å². The van der Waals surface area contributed by atoms with E-state index in [0.717, 1.165) is 18.4 Å². The number of ether oxygens (including phenoxy) is 1. The van der Waals surface area contributed by atoms with E-state index < -0.39 is 6.10 Å². The van der Waals surface area contributed by atoms with Crippen molar-refractivity contribution < 1.29 is 14.3 Å². The molecule has 0 spiro atoms. The van der Waals surface area contributed by atoms with Crippen molar-refractivity contribution in [3.63, 3.8) is 0 Å². The highest BCUT2D eigenvalue weighted by atomic mass is 16.5. The fourth-order valence-electron chi connectivity index (χ4n) is 2.78. The van der Waals surface area contributed by atoms with Gasteiger partial charge in [0.2, 0.25) is 0 Å². The minimum absolute atomic E-state index is 0.0267. The Morgan fingerprint density at radius 3 is 2.43 bits per heavy atom. The van der Waals surface area contributed by atoms with Crippen molar-refractivity contribution in [2.45, 2.75) is 32.8 Å². The average molecular weight is 289 g/mol. The molecule has 1 fully saturated rings. The first kappa shape index (κ1) is 15.7. The number of Topliss-reactive ketones (excluding diaryl/α,β-unsaturated/α-hetero) is 1. The van der Waals surface area contributed by atoms with Crippen molar-refractivity contribution in [3.05, 3.63) is 35.9 Å². The number of rotatable bonds is 5. The lowest BCUT2D eigenvalue weighted by Gasteiger charge is -2.32. The van der Waals surface area contributed by atoms with Gasteiger partial charge in [0.25, 0.3) is 5.91 Å². The predicted octanol–water partition coefficient (Wildman–Crippen LogP) is 2.53. The number of likely N-dealkylation sites (tertiary alicyclic amines) is 1. The fourth-order valence-corrected chi connectivity index (χ4v) is 2.78. The predicted molar refractivity (Wildman–Crippen MR) is 81.2 cm³/mol. The maximum atomic E-state index is 12.4. The van der Waals surface area contributed by atoms with Gasteiger partial charge in [0.15, 0.2) is 5.78 Å². The molecule has 21 heavy (non-hydrogen) atoms. The summed E-state index contributed by atoms with van der Waals surface area (Å²) in [4.78, 5) is 26.3. The molecule has 2 rings (SSSR count). The second kappa shape index (κ2) is 7.36. The third-order valence-electron chi connectivity index (χ3n) is 4.00. The minimum Gasteiger partial charge on any atom is -0.369 e. The maximum absolute atomic E-state index is 12.4. The summed E-state index contributed by atoms with van der Waals surface area (Å²) in [7, 11) is 0. The van der Waals surface area contributed by atoms with E-state index in [1.165, 1.54) is 0 Å². The first-order chi connectivity index (χ1) is 10.1. The van der Waals surface area contributed by atoms with Crippen molar-refractivity contribution in [1.82, 2.24) is 4.90 Å². The van der Waals surface area contributed by atoms with Gasteiger partial charge >= 0.3 is 0 Å². The molecule has 0 bridgehead atoms. The molecule has 1 unspecified atom stereocenters. The topological polar surface area (TPSA) is 46.6 Å². The lowest BCUT2D eigenvalue weighted by molar-refractivity contribution is -0.143. The number of piperidine rings is 1. The molecule has 0 aliphatic carbocycles. The number of carbonyl (C=O) groups is 2. The average Bonchev–Trinajstić information content (AvgIpc) is 2.54. The summed E-state index contributed by atoms with van der Waals surface area (Å²) in [5, 5.41) is 0. The Labute approximate surface area is 126 Å². The van der Waals surface area contributed by atoms with Crippen LogP contribution in [-0.4, -0.2) is 42.4 Å². The number of amides is 1. The SMILES string of the molecule is CCOC(C)C(=O)N1CCC(C(=O)c2ccccc2)CC1. The monoisotopic (exact) mass is 289 g/mol. The normalized spacial score (nSPS) is 17.5. The molecule has 1 aliphatic rings. The molecule has 114 valence electrons. The highest BCUT2D eigenvalue weighted by molar-refractivity contribution is 5.98. The number of carbonyl (C=O) groups excluding carboxylic acids is 2. The summed E-state index contributed by atoms with van der Waals surface area (Å²) in [6.45, 7) is 5.48. The van der Waals surface area contributed by atoms with E-state index in [1.54, 1.807) is 6.92 Å². The van der Waals surface area contributed by atoms with E-state index in [4.69, 9.17) is 4.74 Å². The van der Waals surface area contributed by atoms with Crippen molar-refractivity contribution in [3.8, 4) is 0 Å². The molecular formula is C17H23NO3. The molecule has 1 aliphatic heterocycles. The molecule has 4 heteroatoms. The minimum atomic E-state index is -0.392. The number of hydrogen-bond acceptors (Lipinski definition) is 3. The van der Waals surface area contributed by atoms with E-state index in [1.807, 2.05) is 42.2 Å². The molecule has 1 aromatic rings. The molecule has 1 saturated heterocycles. The molecule has 0 aromatic heterocycles. The summed E-state index contributed by atoms with van der Waals surface area (Å²) < 4.78 is 5.34. The quantitative estimate of drug-likeness (QED) is 0.783. The van der Waals surface area contributed by atoms with Gasteiger partial charge in [-0.2, -0.15) is 0 Å². The van der Waals surface area contributed by atoms with Crippen LogP contribution in [0.1, 0.15) is 37.0 Å². The Morgan fingerprint density at radius 2 is 1.86 bits per heavy atom. The van der Waals surface area contributed by atoms with E-state index in [-0.39, 0.29) is 17.6 Å². The van der Waals surface area contributed by atoms with Crippen LogP contribution < -0.4 is 0 Å². The Kier molecular flexibility index (Phi) is 5.51. The van der Waals surface area contributed by atoms with Crippen molar-refractivity contribution >= 4 is 11.7 Å². The summed E-state index contributed by atoms with van der Waals surface area (Å²) in [5.41, 5.74) is 0.768. The fraction of sp³-hybridized carbons (Fsp3) is 0.529. The molecule has 1 heterocycles. The largest absolute Gasteiger partial charge is 0.369 e. The van der Waals surface area contributed by atoms with Crippen LogP contribution >= 0.6 is 0 Å². The van der Waals surface area contributed by atoms with Crippen LogP contribution in [0.15, 0.2) is 30.3 Å². The van der Waals surface area contributed by atoms with Gasteiger partial charge in [-0.3, -0.25) is 9.59 Å². The highest BCUT2D eigenvalue weighted by Crippen LogP contribution is 2.22. The van der Waals surface area contributed by atoms with Gasteiger partial charge in [-0.05, 0) is 26.7 Å². The van der Waals surface area contributed by atoms with Gasteiger partial charge in [-0.15, -0.1) is 0 Å². The summed E-state index contributed by atoms with van der Waals surface area (Å²) in [6, 6.07) is 9.40. The Balaban J connectivity index is 1.89. The Morgan fingerprint density at radius 1 is 1.24 bits per heavy atom. The number of benzene rings is 1. The molecular weight excluding hydrogens is 266 g/mol. The first-order valence-corrected chi connectivity index (χ1v) is 7.63. The second-order valence-corrected chi connectivity index (χ2v) is 5.43. The van der Waals surface area contributed by atoms with Crippen LogP contribution in [0.25, 0.3) is 0 Å². The van der Waals surface area contributed by atoms with E-state index in [9.17, 15) is 9.59 Å². The summed E-state index contributed by atoms with van der Waals surface area (Å²) >= 11 is 0. The molecule has 1 atom stereocenters. The third-order valence-corrected chi connectivity index (χ3v) is 4.00. The standard InChI is InChI=1S/C17H23NO3/c1-3-21-13(2)17(20)18-11-9-15(10-12-18)16(19)14-7-5-4-6-8-14/h4-8,13,15H,3,9-12H2,1-2H3. The van der Waals surface area contributed by atoms with Gasteiger partial charge in [0, 0.05) is 31.2 Å². The van der Waals surface area contributed by atoms with Crippen LogP contribution in [0.3, 0.4) is 0 Å². The van der Waals surface area contributed by atoms with Crippen LogP contribution in [0.5, 0.6) is 0 Å². The third kappa shape index (κ3) is 3.91. The number of ketones is 1. The van der Waals surface area contributed by atoms with Gasteiger partial charge in [-0.1, -0.05) is 30.3 Å². The van der Waals surface area contributed by atoms with Gasteiger partial charge < -0.3 is 9.64 Å². The van der Waals surface area contributed by atoms with E-state index in [2.05, 4.69) is 0 Å². The maximum Gasteiger partial charge on any atom is 0.251 e. The summed E-state index contributed by atoms with van der Waals surface area (Å²) in [5.74, 6) is 0.252. The van der Waals surface area contributed by atoms with E-state index >= 15 is 0 Å². The zero-order valence-electron chi connectivity index (χ0n) is 12.7. The van der Waals surface area contributed by atoms with Crippen LogP contribution in [0.4, 0.5) is 0 Å². The zero-order chi connectivity index (χ0) is 15.2. The number of nitrogens with zero attached hydrogens (tertiary/aromatic N) is 1. The van der Waals surface area contributed by atoms with Crippen LogP contribution in [0.2, 0.25) is 0 Å². The molecule has 0 saturated carbocycles. The first-order valence-electron chi connectivity index (χ1n) is 7.63.